The summed E-state index contributed by atoms with van der Waals surface area (Å²) in [6.07, 6.45) is 92.7. The smallest absolute Gasteiger partial charge is 0.306 e. The largest absolute Gasteiger partial charge is 0.756 e. The Balaban J connectivity index is 4.06. The average molecular weight is 1190 g/mol. The van der Waals surface area contributed by atoms with Crippen LogP contribution in [0.15, 0.2) is 134 Å². The maximum atomic E-state index is 12.8. The zero-order valence-corrected chi connectivity index (χ0v) is 55.4. The van der Waals surface area contributed by atoms with E-state index in [1.54, 1.807) is 0 Å². The Bertz CT molecular complexity index is 1880. The fourth-order valence-corrected chi connectivity index (χ4v) is 9.78. The van der Waals surface area contributed by atoms with Gasteiger partial charge in [0.2, 0.25) is 0 Å². The zero-order chi connectivity index (χ0) is 61.2. The highest BCUT2D eigenvalue weighted by molar-refractivity contribution is 7.45. The van der Waals surface area contributed by atoms with Gasteiger partial charge in [0.05, 0.1) is 27.7 Å². The van der Waals surface area contributed by atoms with Crippen molar-refractivity contribution < 1.29 is 42.1 Å². The number of likely N-dealkylation sites (N-methyl/N-ethyl adjacent to an activating group) is 1. The lowest BCUT2D eigenvalue weighted by molar-refractivity contribution is -0.870. The summed E-state index contributed by atoms with van der Waals surface area (Å²) in [7, 11) is 1.12. The first kappa shape index (κ1) is 80.2. The molecule has 10 heteroatoms. The molecule has 0 aromatic rings. The second-order valence-corrected chi connectivity index (χ2v) is 24.8. The van der Waals surface area contributed by atoms with E-state index < -0.39 is 32.5 Å². The molecule has 0 aromatic carbocycles. The number of hydrogen-bond donors (Lipinski definition) is 0. The van der Waals surface area contributed by atoms with Crippen molar-refractivity contribution in [2.24, 2.45) is 0 Å². The Labute approximate surface area is 517 Å². The highest BCUT2D eigenvalue weighted by Gasteiger charge is 2.22. The predicted molar refractivity (Wildman–Crippen MR) is 360 cm³/mol. The fraction of sp³-hybridized carbons (Fsp3) is 0.676. The molecular formula is C74H126NO8P. The Morgan fingerprint density at radius 2 is 0.655 bits per heavy atom. The van der Waals surface area contributed by atoms with Gasteiger partial charge >= 0.3 is 11.9 Å². The number of rotatable bonds is 61. The lowest BCUT2D eigenvalue weighted by atomic mass is 10.0. The second kappa shape index (κ2) is 63.6. The van der Waals surface area contributed by atoms with Gasteiger partial charge in [0.1, 0.15) is 19.8 Å². The first-order valence-electron chi connectivity index (χ1n) is 33.9. The molecule has 0 bridgehead atoms. The minimum absolute atomic E-state index is 0.0470. The van der Waals surface area contributed by atoms with Crippen LogP contribution in [0.25, 0.3) is 0 Å². The number of phosphoric ester groups is 1. The van der Waals surface area contributed by atoms with E-state index in [0.29, 0.717) is 23.9 Å². The zero-order valence-electron chi connectivity index (χ0n) is 54.6. The van der Waals surface area contributed by atoms with E-state index in [-0.39, 0.29) is 26.1 Å². The number of hydrogen-bond acceptors (Lipinski definition) is 8. The van der Waals surface area contributed by atoms with E-state index in [1.165, 1.54) is 141 Å². The number of nitrogens with zero attached hydrogens (tertiary/aromatic N) is 1. The van der Waals surface area contributed by atoms with E-state index in [2.05, 4.69) is 141 Å². The van der Waals surface area contributed by atoms with Gasteiger partial charge < -0.3 is 27.9 Å². The van der Waals surface area contributed by atoms with Gasteiger partial charge in [-0.2, -0.15) is 0 Å². The minimum atomic E-state index is -4.66. The van der Waals surface area contributed by atoms with Crippen molar-refractivity contribution in [2.45, 2.75) is 277 Å². The monoisotopic (exact) mass is 1190 g/mol. The van der Waals surface area contributed by atoms with Crippen LogP contribution in [-0.2, 0) is 32.7 Å². The summed E-state index contributed by atoms with van der Waals surface area (Å²) in [5, 5.41) is 0. The van der Waals surface area contributed by atoms with E-state index in [0.717, 1.165) is 89.9 Å². The molecule has 2 unspecified atom stereocenters. The number of phosphoric acid groups is 1. The van der Waals surface area contributed by atoms with Crippen molar-refractivity contribution in [3.63, 3.8) is 0 Å². The third kappa shape index (κ3) is 67.3. The van der Waals surface area contributed by atoms with Crippen molar-refractivity contribution in [3.8, 4) is 0 Å². The molecule has 0 N–H and O–H groups in total. The first-order chi connectivity index (χ1) is 41.0. The highest BCUT2D eigenvalue weighted by atomic mass is 31.2. The minimum Gasteiger partial charge on any atom is -0.756 e. The average Bonchev–Trinajstić information content (AvgIpc) is 3.61. The fourth-order valence-electron chi connectivity index (χ4n) is 9.05. The molecule has 0 amide bonds. The normalized spacial score (nSPS) is 14.0. The second-order valence-electron chi connectivity index (χ2n) is 23.4. The van der Waals surface area contributed by atoms with E-state index in [9.17, 15) is 19.0 Å². The van der Waals surface area contributed by atoms with Crippen LogP contribution in [0.4, 0.5) is 0 Å². The number of esters is 2. The number of unbranched alkanes of at least 4 members (excludes halogenated alkanes) is 25. The molecular weight excluding hydrogens is 1060 g/mol. The van der Waals surface area contributed by atoms with Crippen LogP contribution in [0.3, 0.4) is 0 Å². The molecule has 84 heavy (non-hydrogen) atoms. The molecule has 0 saturated heterocycles. The van der Waals surface area contributed by atoms with E-state index in [1.807, 2.05) is 27.2 Å². The van der Waals surface area contributed by atoms with Gasteiger partial charge in [0, 0.05) is 12.8 Å². The van der Waals surface area contributed by atoms with Crippen LogP contribution in [0.5, 0.6) is 0 Å². The van der Waals surface area contributed by atoms with Gasteiger partial charge in [-0.25, -0.2) is 0 Å². The SMILES string of the molecule is CC/C=C\C/C=C\C/C=C\C/C=C\C/C=C\C/C=C\C/C=C\CCCC(=O)OC(COC(=O)CCCCCCCCCCCCCCCCCCCCCCCCCC/C=C\C/C=C\C/C=C\C/C=C\CC)COP(=O)([O-])OCC[N+](C)(C)C. The molecule has 9 nitrogen and oxygen atoms in total. The topological polar surface area (TPSA) is 111 Å². The van der Waals surface area contributed by atoms with Crippen LogP contribution in [-0.4, -0.2) is 70.0 Å². The van der Waals surface area contributed by atoms with Gasteiger partial charge in [-0.05, 0) is 103 Å². The Kier molecular flexibility index (Phi) is 60.7. The number of quaternary nitrogens is 1. The Morgan fingerprint density at radius 3 is 0.988 bits per heavy atom. The van der Waals surface area contributed by atoms with E-state index in [4.69, 9.17) is 18.5 Å². The molecule has 0 saturated carbocycles. The molecule has 0 aliphatic rings. The lowest BCUT2D eigenvalue weighted by Crippen LogP contribution is -2.37. The molecule has 0 aromatic heterocycles. The lowest BCUT2D eigenvalue weighted by Gasteiger charge is -2.28. The third-order valence-corrected chi connectivity index (χ3v) is 15.1. The molecule has 480 valence electrons. The number of carbonyl (C=O) groups is 2. The van der Waals surface area contributed by atoms with Crippen LogP contribution in [0.2, 0.25) is 0 Å². The summed E-state index contributed by atoms with van der Waals surface area (Å²) < 4.78 is 34.2. The quantitative estimate of drug-likeness (QED) is 0.0195. The third-order valence-electron chi connectivity index (χ3n) is 14.2. The van der Waals surface area contributed by atoms with Gasteiger partial charge in [-0.3, -0.25) is 14.2 Å². The van der Waals surface area contributed by atoms with Crippen molar-refractivity contribution >= 4 is 19.8 Å². The molecule has 0 aliphatic heterocycles. The van der Waals surface area contributed by atoms with Crippen molar-refractivity contribution in [1.29, 1.82) is 0 Å². The highest BCUT2D eigenvalue weighted by Crippen LogP contribution is 2.38. The summed E-state index contributed by atoms with van der Waals surface area (Å²) in [5.74, 6) is -0.903. The van der Waals surface area contributed by atoms with Crippen LogP contribution < -0.4 is 4.89 Å². The van der Waals surface area contributed by atoms with Gasteiger partial charge in [0.15, 0.2) is 6.10 Å². The van der Waals surface area contributed by atoms with Crippen molar-refractivity contribution in [2.75, 3.05) is 47.5 Å². The van der Waals surface area contributed by atoms with Crippen LogP contribution in [0, 0.1) is 0 Å². The van der Waals surface area contributed by atoms with Gasteiger partial charge in [-0.15, -0.1) is 0 Å². The Morgan fingerprint density at radius 1 is 0.369 bits per heavy atom. The Hall–Kier alpha value is -3.85. The molecule has 0 aliphatic carbocycles. The molecule has 0 heterocycles. The van der Waals surface area contributed by atoms with E-state index >= 15 is 0 Å². The number of allylic oxidation sites excluding steroid dienone is 22. The maximum Gasteiger partial charge on any atom is 0.306 e. The summed E-state index contributed by atoms with van der Waals surface area (Å²) in [6, 6.07) is 0. The molecule has 0 rings (SSSR count). The maximum absolute atomic E-state index is 12.8. The molecule has 0 fully saturated rings. The summed E-state index contributed by atoms with van der Waals surface area (Å²) in [4.78, 5) is 38.0. The first-order valence-corrected chi connectivity index (χ1v) is 35.4. The predicted octanol–water partition coefficient (Wildman–Crippen LogP) is 21.4. The van der Waals surface area contributed by atoms with Crippen LogP contribution >= 0.6 is 7.82 Å². The van der Waals surface area contributed by atoms with Gasteiger partial charge in [-0.1, -0.05) is 289 Å². The summed E-state index contributed by atoms with van der Waals surface area (Å²) >= 11 is 0. The number of carbonyl (C=O) groups excluding carboxylic acids is 2. The summed E-state index contributed by atoms with van der Waals surface area (Å²) in [6.45, 7) is 3.95. The van der Waals surface area contributed by atoms with Crippen molar-refractivity contribution in [3.05, 3.63) is 134 Å². The van der Waals surface area contributed by atoms with Crippen LogP contribution in [0.1, 0.15) is 271 Å². The number of ether oxygens (including phenoxy) is 2. The molecule has 0 spiro atoms. The summed E-state index contributed by atoms with van der Waals surface area (Å²) in [5.41, 5.74) is 0. The van der Waals surface area contributed by atoms with Crippen molar-refractivity contribution in [1.82, 2.24) is 0 Å². The molecule has 0 radical (unpaired) electrons. The standard InChI is InChI=1S/C74H126NO8P/c1-6-8-10-12-14-16-18-20-22-24-26-28-30-31-32-33-34-35-36-37-38-39-40-41-42-43-45-46-48-50-52-54-56-58-60-62-64-66-73(76)80-70-72(71-82-84(78,79)81-69-68-75(3,4)5)83-74(77)67-65-63-61-59-57-55-53-51-49-47-44-29-27-25-23-21-19-17-15-13-11-9-7-2/h8-11,14-17,20-23,26-29,47,49,53,55,59,61,72H,6-7,12-13,18-19,24-25,30-46,48,50-52,54,56-58,60,62-71H2,1-5H3/b10-8-,11-9-,16-14-,17-15-,22-20-,23-21-,28-26-,29-27-,49-47-,55-53-,61-59-. The molecule has 2 atom stereocenters. The van der Waals surface area contributed by atoms with Gasteiger partial charge in [0.25, 0.3) is 7.82 Å².